The van der Waals surface area contributed by atoms with Crippen LogP contribution < -0.4 is 4.74 Å². The summed E-state index contributed by atoms with van der Waals surface area (Å²) in [6.45, 7) is 6.82. The lowest BCUT2D eigenvalue weighted by Crippen LogP contribution is -2.21. The molecule has 0 aromatic carbocycles. The lowest BCUT2D eigenvalue weighted by molar-refractivity contribution is 0.381. The zero-order valence-corrected chi connectivity index (χ0v) is 10.9. The van der Waals surface area contributed by atoms with E-state index in [1.165, 1.54) is 31.2 Å². The van der Waals surface area contributed by atoms with Crippen LogP contribution in [0.3, 0.4) is 0 Å². The van der Waals surface area contributed by atoms with Gasteiger partial charge in [0.25, 0.3) is 0 Å². The predicted molar refractivity (Wildman–Crippen MR) is 68.0 cm³/mol. The third kappa shape index (κ3) is 2.97. The average molecular weight is 221 g/mol. The number of hydrogen-bond donors (Lipinski definition) is 0. The Balaban J connectivity index is 2.91. The first-order valence-electron chi connectivity index (χ1n) is 6.16. The van der Waals surface area contributed by atoms with E-state index in [1.54, 1.807) is 7.11 Å². The summed E-state index contributed by atoms with van der Waals surface area (Å²) in [7, 11) is 1.65. The topological polar surface area (TPSA) is 22.1 Å². The summed E-state index contributed by atoms with van der Waals surface area (Å²) in [5, 5.41) is 0. The van der Waals surface area contributed by atoms with Crippen LogP contribution in [0, 0.1) is 0 Å². The molecule has 2 heteroatoms. The van der Waals surface area contributed by atoms with Crippen molar-refractivity contribution < 1.29 is 4.74 Å². The fourth-order valence-corrected chi connectivity index (χ4v) is 2.38. The van der Waals surface area contributed by atoms with Crippen LogP contribution in [0.15, 0.2) is 18.3 Å². The molecule has 0 unspecified atom stereocenters. The molecule has 1 rings (SSSR count). The maximum absolute atomic E-state index is 5.09. The highest BCUT2D eigenvalue weighted by molar-refractivity contribution is 5.25. The van der Waals surface area contributed by atoms with Gasteiger partial charge in [-0.2, -0.15) is 0 Å². The van der Waals surface area contributed by atoms with Crippen molar-refractivity contribution >= 4 is 0 Å². The van der Waals surface area contributed by atoms with Crippen LogP contribution in [0.2, 0.25) is 0 Å². The van der Waals surface area contributed by atoms with Gasteiger partial charge in [0.2, 0.25) is 5.88 Å². The molecule has 2 nitrogen and oxygen atoms in total. The van der Waals surface area contributed by atoms with Gasteiger partial charge in [-0.05, 0) is 23.8 Å². The van der Waals surface area contributed by atoms with Crippen molar-refractivity contribution in [1.82, 2.24) is 4.98 Å². The molecule has 0 aliphatic heterocycles. The summed E-state index contributed by atoms with van der Waals surface area (Å²) in [4.78, 5) is 4.31. The molecule has 1 aromatic heterocycles. The van der Waals surface area contributed by atoms with E-state index in [9.17, 15) is 0 Å². The second-order valence-electron chi connectivity index (χ2n) is 4.65. The highest BCUT2D eigenvalue weighted by Crippen LogP contribution is 2.33. The van der Waals surface area contributed by atoms with E-state index in [2.05, 4.69) is 31.8 Å². The SMILES string of the molecule is CCCC(C)(CCC)c1ccc(OC)nc1. The molecule has 16 heavy (non-hydrogen) atoms. The van der Waals surface area contributed by atoms with E-state index in [4.69, 9.17) is 4.74 Å². The first kappa shape index (κ1) is 13.0. The van der Waals surface area contributed by atoms with Crippen LogP contribution in [0.5, 0.6) is 5.88 Å². The van der Waals surface area contributed by atoms with E-state index < -0.39 is 0 Å². The Labute approximate surface area is 99.0 Å². The predicted octanol–water partition coefficient (Wildman–Crippen LogP) is 3.95. The van der Waals surface area contributed by atoms with Gasteiger partial charge in [-0.15, -0.1) is 0 Å². The van der Waals surface area contributed by atoms with Crippen molar-refractivity contribution in [2.24, 2.45) is 0 Å². The van der Waals surface area contributed by atoms with E-state index in [-0.39, 0.29) is 5.41 Å². The number of nitrogens with zero attached hydrogens (tertiary/aromatic N) is 1. The van der Waals surface area contributed by atoms with Crippen molar-refractivity contribution in [3.05, 3.63) is 23.9 Å². The van der Waals surface area contributed by atoms with Gasteiger partial charge in [0.1, 0.15) is 0 Å². The lowest BCUT2D eigenvalue weighted by atomic mass is 9.76. The van der Waals surface area contributed by atoms with Gasteiger partial charge in [0.15, 0.2) is 0 Å². The minimum Gasteiger partial charge on any atom is -0.481 e. The molecule has 0 amide bonds. The maximum atomic E-state index is 5.09. The molecule has 0 saturated carbocycles. The maximum Gasteiger partial charge on any atom is 0.212 e. The summed E-state index contributed by atoms with van der Waals surface area (Å²) in [6, 6.07) is 4.11. The largest absolute Gasteiger partial charge is 0.481 e. The molecule has 1 aromatic rings. The van der Waals surface area contributed by atoms with Gasteiger partial charge in [0, 0.05) is 12.3 Å². The van der Waals surface area contributed by atoms with Crippen LogP contribution in [0.1, 0.15) is 52.0 Å². The number of pyridine rings is 1. The van der Waals surface area contributed by atoms with Crippen LogP contribution in [0.25, 0.3) is 0 Å². The van der Waals surface area contributed by atoms with Gasteiger partial charge >= 0.3 is 0 Å². The molecule has 0 aliphatic rings. The Morgan fingerprint density at radius 2 is 1.81 bits per heavy atom. The molecule has 0 atom stereocenters. The van der Waals surface area contributed by atoms with Crippen molar-refractivity contribution in [1.29, 1.82) is 0 Å². The summed E-state index contributed by atoms with van der Waals surface area (Å²) in [5.74, 6) is 0.694. The van der Waals surface area contributed by atoms with E-state index in [1.807, 2.05) is 12.3 Å². The third-order valence-electron chi connectivity index (χ3n) is 3.25. The van der Waals surface area contributed by atoms with Gasteiger partial charge in [-0.1, -0.05) is 39.7 Å². The minimum atomic E-state index is 0.267. The van der Waals surface area contributed by atoms with Crippen molar-refractivity contribution in [2.75, 3.05) is 7.11 Å². The highest BCUT2D eigenvalue weighted by atomic mass is 16.5. The molecule has 0 saturated heterocycles. The molecule has 1 heterocycles. The summed E-state index contributed by atoms with van der Waals surface area (Å²) < 4.78 is 5.09. The Morgan fingerprint density at radius 3 is 2.19 bits per heavy atom. The zero-order chi connectivity index (χ0) is 12.0. The van der Waals surface area contributed by atoms with Crippen molar-refractivity contribution in [2.45, 2.75) is 51.9 Å². The third-order valence-corrected chi connectivity index (χ3v) is 3.25. The molecule has 0 fully saturated rings. The van der Waals surface area contributed by atoms with Crippen LogP contribution in [0.4, 0.5) is 0 Å². The lowest BCUT2D eigenvalue weighted by Gasteiger charge is -2.29. The summed E-state index contributed by atoms with van der Waals surface area (Å²) in [6.07, 6.45) is 6.82. The van der Waals surface area contributed by atoms with Crippen molar-refractivity contribution in [3.63, 3.8) is 0 Å². The quantitative estimate of drug-likeness (QED) is 0.725. The Bertz CT molecular complexity index is 299. The Morgan fingerprint density at radius 1 is 1.19 bits per heavy atom. The number of aromatic nitrogens is 1. The number of ether oxygens (including phenoxy) is 1. The van der Waals surface area contributed by atoms with Gasteiger partial charge in [-0.25, -0.2) is 4.98 Å². The zero-order valence-electron chi connectivity index (χ0n) is 10.9. The first-order valence-corrected chi connectivity index (χ1v) is 6.16. The van der Waals surface area contributed by atoms with Gasteiger partial charge < -0.3 is 4.74 Å². The van der Waals surface area contributed by atoms with E-state index in [0.717, 1.165) is 0 Å². The van der Waals surface area contributed by atoms with Crippen LogP contribution >= 0.6 is 0 Å². The second-order valence-corrected chi connectivity index (χ2v) is 4.65. The molecule has 0 bridgehead atoms. The fraction of sp³-hybridized carbons (Fsp3) is 0.643. The van der Waals surface area contributed by atoms with Gasteiger partial charge in [-0.3, -0.25) is 0 Å². The number of hydrogen-bond acceptors (Lipinski definition) is 2. The molecular weight excluding hydrogens is 198 g/mol. The van der Waals surface area contributed by atoms with Crippen LogP contribution in [-0.2, 0) is 5.41 Å². The average Bonchev–Trinajstić information content (AvgIpc) is 2.30. The molecule has 0 N–H and O–H groups in total. The molecule has 0 spiro atoms. The van der Waals surface area contributed by atoms with E-state index in [0.29, 0.717) is 5.88 Å². The molecule has 90 valence electrons. The monoisotopic (exact) mass is 221 g/mol. The minimum absolute atomic E-state index is 0.267. The fourth-order valence-electron chi connectivity index (χ4n) is 2.38. The highest BCUT2D eigenvalue weighted by Gasteiger charge is 2.24. The summed E-state index contributed by atoms with van der Waals surface area (Å²) in [5.41, 5.74) is 1.60. The molecule has 0 radical (unpaired) electrons. The molecular formula is C14H23NO. The van der Waals surface area contributed by atoms with Gasteiger partial charge in [0.05, 0.1) is 7.11 Å². The summed E-state index contributed by atoms with van der Waals surface area (Å²) >= 11 is 0. The van der Waals surface area contributed by atoms with Crippen LogP contribution in [-0.4, -0.2) is 12.1 Å². The Kier molecular flexibility index (Phi) is 4.78. The number of methoxy groups -OCH3 is 1. The molecule has 0 aliphatic carbocycles. The number of rotatable bonds is 6. The van der Waals surface area contributed by atoms with E-state index >= 15 is 0 Å². The van der Waals surface area contributed by atoms with Crippen molar-refractivity contribution in [3.8, 4) is 5.88 Å². The smallest absolute Gasteiger partial charge is 0.212 e. The standard InChI is InChI=1S/C14H23NO/c1-5-9-14(3,10-6-2)12-7-8-13(16-4)15-11-12/h7-8,11H,5-6,9-10H2,1-4H3. The Hall–Kier alpha value is -1.05. The second kappa shape index (κ2) is 5.88. The first-order chi connectivity index (χ1) is 7.66. The normalized spacial score (nSPS) is 11.5.